The highest BCUT2D eigenvalue weighted by atomic mass is 35.5. The molecular weight excluding hydrogens is 560 g/mol. The number of nitrogens with one attached hydrogen (secondary N) is 2. The van der Waals surface area contributed by atoms with Gasteiger partial charge in [-0.25, -0.2) is 8.42 Å². The summed E-state index contributed by atoms with van der Waals surface area (Å²) in [7, 11) is -1.43. The lowest BCUT2D eigenvalue weighted by atomic mass is 9.72. The normalized spacial score (nSPS) is 35.1. The molecule has 1 amide bonds. The summed E-state index contributed by atoms with van der Waals surface area (Å²) in [6, 6.07) is 7.50. The predicted molar refractivity (Wildman–Crippen MR) is 163 cm³/mol. The molecule has 7 atom stereocenters. The number of hydrogen-bond acceptors (Lipinski definition) is 6. The molecule has 2 aliphatic carbocycles. The van der Waals surface area contributed by atoms with E-state index in [0.717, 1.165) is 82.6 Å². The molecule has 4 N–H and O–H groups in total. The Morgan fingerprint density at radius 3 is 2.54 bits per heavy atom. The van der Waals surface area contributed by atoms with Crippen LogP contribution >= 0.6 is 11.6 Å². The number of nitrogens with zero attached hydrogens (tertiary/aromatic N) is 1. The highest BCUT2D eigenvalue weighted by Gasteiger charge is 2.40. The molecule has 5 rings (SSSR count). The zero-order valence-electron chi connectivity index (χ0n) is 24.5. The van der Waals surface area contributed by atoms with Crippen molar-refractivity contribution in [3.05, 3.63) is 34.9 Å². The number of rotatable bonds is 9. The van der Waals surface area contributed by atoms with Crippen molar-refractivity contribution in [2.75, 3.05) is 26.0 Å². The topological polar surface area (TPSA) is 114 Å². The van der Waals surface area contributed by atoms with Gasteiger partial charge in [-0.3, -0.25) is 4.79 Å². The quantitative estimate of drug-likeness (QED) is 0.388. The van der Waals surface area contributed by atoms with Gasteiger partial charge in [-0.2, -0.15) is 4.31 Å². The van der Waals surface area contributed by atoms with Gasteiger partial charge in [-0.05, 0) is 93.7 Å². The van der Waals surface area contributed by atoms with Gasteiger partial charge < -0.3 is 21.1 Å². The Kier molecular flexibility index (Phi) is 10.7. The SMILES string of the molecule is CO[C@H]1CC[C@H]([C@H](c2ccc(Cl)cc2)[C@H](N)C(=O)N[C@H]2CCCC[C@@H]2CC[C@H]2CN[C@@H]3CCCS(=O)(=O)N2C3)CC1. The Morgan fingerprint density at radius 1 is 1.07 bits per heavy atom. The van der Waals surface area contributed by atoms with Crippen molar-refractivity contribution in [3.63, 3.8) is 0 Å². The first kappa shape index (κ1) is 31.2. The molecule has 41 heavy (non-hydrogen) atoms. The molecule has 10 heteroatoms. The zero-order valence-corrected chi connectivity index (χ0v) is 26.1. The summed E-state index contributed by atoms with van der Waals surface area (Å²) in [5, 5.41) is 7.65. The van der Waals surface area contributed by atoms with Gasteiger partial charge in [-0.1, -0.05) is 36.6 Å². The average molecular weight is 609 g/mol. The lowest BCUT2D eigenvalue weighted by molar-refractivity contribution is -0.124. The number of carbonyl (C=O) groups excluding carboxylic acids is 1. The number of ether oxygens (including phenoxy) is 1. The van der Waals surface area contributed by atoms with Gasteiger partial charge in [0.2, 0.25) is 15.9 Å². The van der Waals surface area contributed by atoms with E-state index >= 15 is 0 Å². The van der Waals surface area contributed by atoms with E-state index in [9.17, 15) is 13.2 Å². The molecule has 4 fully saturated rings. The van der Waals surface area contributed by atoms with Crippen LogP contribution in [0.3, 0.4) is 0 Å². The third kappa shape index (κ3) is 7.65. The fourth-order valence-corrected chi connectivity index (χ4v) is 9.91. The zero-order chi connectivity index (χ0) is 29.0. The first-order valence-electron chi connectivity index (χ1n) is 15.8. The summed E-state index contributed by atoms with van der Waals surface area (Å²) >= 11 is 6.20. The average Bonchev–Trinajstić information content (AvgIpc) is 3.09. The van der Waals surface area contributed by atoms with Crippen LogP contribution in [0.2, 0.25) is 5.02 Å². The minimum absolute atomic E-state index is 0.00796. The smallest absolute Gasteiger partial charge is 0.237 e. The number of halogens is 1. The second-order valence-corrected chi connectivity index (χ2v) is 15.4. The van der Waals surface area contributed by atoms with E-state index < -0.39 is 16.1 Å². The minimum Gasteiger partial charge on any atom is -0.381 e. The molecule has 1 aromatic carbocycles. The maximum absolute atomic E-state index is 13.8. The standard InChI is InChI=1S/C31H49ClN4O4S/c1-40-27-16-11-23(12-17-27)29(22-8-13-24(32)14-9-22)30(33)31(37)35-28-7-3-2-5-21(28)10-15-26-19-34-25-6-4-18-41(38,39)36(26)20-25/h8-9,13-14,21,23,25-30,34H,2-7,10-12,15-20,33H2,1H3,(H,35,37)/t21-,23-,25-,26+,27-,28+,29+,30+/m1/s1. The van der Waals surface area contributed by atoms with Gasteiger partial charge in [0.15, 0.2) is 0 Å². The lowest BCUT2D eigenvalue weighted by Crippen LogP contribution is -2.57. The molecule has 230 valence electrons. The van der Waals surface area contributed by atoms with Gasteiger partial charge >= 0.3 is 0 Å². The molecule has 2 heterocycles. The second kappa shape index (κ2) is 14.0. The van der Waals surface area contributed by atoms with Crippen LogP contribution in [0.25, 0.3) is 0 Å². The highest BCUT2D eigenvalue weighted by Crippen LogP contribution is 2.39. The predicted octanol–water partition coefficient (Wildman–Crippen LogP) is 4.18. The number of hydrogen-bond donors (Lipinski definition) is 3. The van der Waals surface area contributed by atoms with E-state index in [1.807, 2.05) is 24.3 Å². The number of piperazine rings is 1. The highest BCUT2D eigenvalue weighted by molar-refractivity contribution is 7.89. The van der Waals surface area contributed by atoms with Crippen molar-refractivity contribution in [2.24, 2.45) is 17.6 Å². The van der Waals surface area contributed by atoms with Crippen LogP contribution in [0.15, 0.2) is 24.3 Å². The molecule has 8 nitrogen and oxygen atoms in total. The Balaban J connectivity index is 1.24. The van der Waals surface area contributed by atoms with Crippen LogP contribution in [0.5, 0.6) is 0 Å². The Hall–Kier alpha value is -1.23. The van der Waals surface area contributed by atoms with Crippen LogP contribution in [-0.2, 0) is 19.6 Å². The monoisotopic (exact) mass is 608 g/mol. The van der Waals surface area contributed by atoms with Crippen molar-refractivity contribution in [1.29, 1.82) is 0 Å². The number of sulfonamides is 1. The Morgan fingerprint density at radius 2 is 1.80 bits per heavy atom. The summed E-state index contributed by atoms with van der Waals surface area (Å²) in [5.41, 5.74) is 7.89. The summed E-state index contributed by atoms with van der Waals surface area (Å²) in [4.78, 5) is 13.8. The van der Waals surface area contributed by atoms with E-state index in [4.69, 9.17) is 22.1 Å². The molecule has 1 unspecified atom stereocenters. The van der Waals surface area contributed by atoms with Crippen LogP contribution in [0.4, 0.5) is 0 Å². The largest absolute Gasteiger partial charge is 0.381 e. The van der Waals surface area contributed by atoms with Gasteiger partial charge in [0.05, 0.1) is 17.9 Å². The van der Waals surface area contributed by atoms with Gasteiger partial charge in [-0.15, -0.1) is 0 Å². The summed E-state index contributed by atoms with van der Waals surface area (Å²) < 4.78 is 33.3. The number of fused-ring (bicyclic) bond motifs is 2. The van der Waals surface area contributed by atoms with Crippen LogP contribution in [0, 0.1) is 11.8 Å². The second-order valence-electron chi connectivity index (χ2n) is 12.9. The molecular formula is C31H49ClN4O4S. The number of methoxy groups -OCH3 is 1. The van der Waals surface area contributed by atoms with Crippen molar-refractivity contribution < 1.29 is 17.9 Å². The maximum Gasteiger partial charge on any atom is 0.237 e. The third-order valence-corrected chi connectivity index (χ3v) is 12.6. The summed E-state index contributed by atoms with van der Waals surface area (Å²) in [5.74, 6) is 0.737. The van der Waals surface area contributed by atoms with Crippen LogP contribution in [-0.4, -0.2) is 74.9 Å². The van der Waals surface area contributed by atoms with Gasteiger partial charge in [0.1, 0.15) is 0 Å². The Labute approximate surface area is 251 Å². The molecule has 2 saturated heterocycles. The first-order valence-corrected chi connectivity index (χ1v) is 17.8. The van der Waals surface area contributed by atoms with Gasteiger partial charge in [0, 0.05) is 49.3 Å². The number of benzene rings is 1. The number of nitrogens with two attached hydrogens (primary N) is 1. The third-order valence-electron chi connectivity index (χ3n) is 10.4. The molecule has 2 saturated carbocycles. The van der Waals surface area contributed by atoms with Crippen molar-refractivity contribution >= 4 is 27.5 Å². The van der Waals surface area contributed by atoms with Crippen LogP contribution < -0.4 is 16.4 Å². The molecule has 2 aliphatic heterocycles. The molecule has 0 radical (unpaired) electrons. The summed E-state index contributed by atoms with van der Waals surface area (Å²) in [6.07, 6.45) is 11.8. The lowest BCUT2D eigenvalue weighted by Gasteiger charge is -2.40. The van der Waals surface area contributed by atoms with Crippen molar-refractivity contribution in [1.82, 2.24) is 14.9 Å². The maximum atomic E-state index is 13.8. The number of amides is 1. The van der Waals surface area contributed by atoms with Crippen LogP contribution in [0.1, 0.15) is 88.5 Å². The minimum atomic E-state index is -3.20. The fourth-order valence-electron chi connectivity index (χ4n) is 7.98. The fraction of sp³-hybridized carbons (Fsp3) is 0.774. The molecule has 0 spiro atoms. The molecule has 0 aromatic heterocycles. The molecule has 1 aromatic rings. The van der Waals surface area contributed by atoms with Gasteiger partial charge in [0.25, 0.3) is 0 Å². The van der Waals surface area contributed by atoms with E-state index in [1.165, 1.54) is 0 Å². The van der Waals surface area contributed by atoms with E-state index in [2.05, 4.69) is 10.6 Å². The van der Waals surface area contributed by atoms with E-state index in [1.54, 1.807) is 11.4 Å². The summed E-state index contributed by atoms with van der Waals surface area (Å²) in [6.45, 7) is 1.30. The molecule has 4 aliphatic rings. The van der Waals surface area contributed by atoms with Crippen molar-refractivity contribution in [2.45, 2.75) is 113 Å². The number of carbonyl (C=O) groups is 1. The Bertz CT molecular complexity index is 1110. The van der Waals surface area contributed by atoms with E-state index in [0.29, 0.717) is 29.9 Å². The first-order chi connectivity index (χ1) is 19.7. The van der Waals surface area contributed by atoms with Crippen molar-refractivity contribution in [3.8, 4) is 0 Å². The van der Waals surface area contributed by atoms with E-state index in [-0.39, 0.29) is 41.8 Å². The molecule has 2 bridgehead atoms.